The molecule has 3 heteroatoms. The molecule has 0 aromatic heterocycles. The topological polar surface area (TPSA) is 20.2 Å². The molecule has 4 rings (SSSR count). The van der Waals surface area contributed by atoms with E-state index in [9.17, 15) is 5.11 Å². The summed E-state index contributed by atoms with van der Waals surface area (Å²) in [5.74, 6) is 1.32. The van der Waals surface area contributed by atoms with Crippen molar-refractivity contribution < 1.29 is 5.11 Å². The van der Waals surface area contributed by atoms with Crippen molar-refractivity contribution in [1.82, 2.24) is 0 Å². The van der Waals surface area contributed by atoms with Crippen LogP contribution in [0.2, 0.25) is 10.0 Å². The van der Waals surface area contributed by atoms with Crippen LogP contribution < -0.4 is 0 Å². The van der Waals surface area contributed by atoms with Gasteiger partial charge in [0, 0.05) is 16.0 Å². The van der Waals surface area contributed by atoms with E-state index in [1.807, 2.05) is 42.5 Å². The van der Waals surface area contributed by atoms with E-state index in [4.69, 9.17) is 23.2 Å². The smallest absolute Gasteiger partial charge is 0.118 e. The van der Waals surface area contributed by atoms with Crippen LogP contribution in [0.1, 0.15) is 16.7 Å². The number of fused-ring (bicyclic) bond motifs is 1. The number of phenols is 1. The Labute approximate surface area is 168 Å². The van der Waals surface area contributed by atoms with E-state index in [-0.39, 0.29) is 5.75 Å². The van der Waals surface area contributed by atoms with Crippen molar-refractivity contribution in [3.63, 3.8) is 0 Å². The lowest BCUT2D eigenvalue weighted by Gasteiger charge is -2.20. The van der Waals surface area contributed by atoms with Gasteiger partial charge in [0.15, 0.2) is 0 Å². The molecular formula is C24H17Cl2O. The molecule has 0 saturated heterocycles. The fourth-order valence-electron chi connectivity index (χ4n) is 3.31. The molecule has 0 unspecified atom stereocenters. The third-order valence-corrected chi connectivity index (χ3v) is 5.26. The number of aromatic hydroxyl groups is 1. The number of benzene rings is 4. The minimum Gasteiger partial charge on any atom is -0.508 e. The van der Waals surface area contributed by atoms with Gasteiger partial charge in [-0.2, -0.15) is 0 Å². The van der Waals surface area contributed by atoms with Gasteiger partial charge in [0.1, 0.15) is 5.75 Å². The molecule has 0 bridgehead atoms. The number of rotatable bonds is 4. The zero-order chi connectivity index (χ0) is 18.8. The van der Waals surface area contributed by atoms with Crippen LogP contribution in [0.3, 0.4) is 0 Å². The van der Waals surface area contributed by atoms with Crippen LogP contribution in [0.4, 0.5) is 0 Å². The van der Waals surface area contributed by atoms with Crippen molar-refractivity contribution in [2.75, 3.05) is 0 Å². The number of para-hydroxylation sites is 1. The summed E-state index contributed by atoms with van der Waals surface area (Å²) >= 11 is 12.6. The van der Waals surface area contributed by atoms with Gasteiger partial charge in [-0.05, 0) is 52.1 Å². The second-order valence-corrected chi connectivity index (χ2v) is 7.31. The van der Waals surface area contributed by atoms with Crippen molar-refractivity contribution in [2.24, 2.45) is 0 Å². The summed E-state index contributed by atoms with van der Waals surface area (Å²) in [6, 6.07) is 27.6. The summed E-state index contributed by atoms with van der Waals surface area (Å²) in [5.41, 5.74) is 2.84. The lowest BCUT2D eigenvalue weighted by molar-refractivity contribution is 0.469. The van der Waals surface area contributed by atoms with Crippen LogP contribution >= 0.6 is 23.2 Å². The molecule has 0 aliphatic heterocycles. The fraction of sp³-hybridized carbons (Fsp3) is 0.0417. The summed E-state index contributed by atoms with van der Waals surface area (Å²) in [7, 11) is 0. The maximum absolute atomic E-state index is 10.3. The van der Waals surface area contributed by atoms with E-state index in [1.165, 1.54) is 5.39 Å². The first-order chi connectivity index (χ1) is 13.1. The van der Waals surface area contributed by atoms with Gasteiger partial charge < -0.3 is 5.11 Å². The van der Waals surface area contributed by atoms with E-state index in [1.54, 1.807) is 12.1 Å². The first-order valence-electron chi connectivity index (χ1n) is 8.69. The highest BCUT2D eigenvalue weighted by atomic mass is 35.5. The van der Waals surface area contributed by atoms with Crippen molar-refractivity contribution in [3.8, 4) is 5.75 Å². The summed E-state index contributed by atoms with van der Waals surface area (Å²) < 4.78 is 0. The molecule has 4 aromatic rings. The van der Waals surface area contributed by atoms with E-state index in [2.05, 4.69) is 30.3 Å². The molecule has 133 valence electrons. The summed E-state index contributed by atoms with van der Waals surface area (Å²) in [4.78, 5) is 0. The zero-order valence-corrected chi connectivity index (χ0v) is 16.0. The van der Waals surface area contributed by atoms with E-state index < -0.39 is 0 Å². The van der Waals surface area contributed by atoms with Crippen LogP contribution in [-0.4, -0.2) is 5.11 Å². The van der Waals surface area contributed by atoms with Gasteiger partial charge in [-0.25, -0.2) is 0 Å². The monoisotopic (exact) mass is 391 g/mol. The van der Waals surface area contributed by atoms with E-state index in [0.717, 1.165) is 28.0 Å². The molecule has 4 aromatic carbocycles. The van der Waals surface area contributed by atoms with Gasteiger partial charge in [0.05, 0.1) is 0 Å². The Bertz CT molecular complexity index is 1100. The highest BCUT2D eigenvalue weighted by molar-refractivity contribution is 6.35. The molecule has 1 nitrogen and oxygen atoms in total. The first-order valence-corrected chi connectivity index (χ1v) is 9.45. The minimum atomic E-state index is 0.279. The summed E-state index contributed by atoms with van der Waals surface area (Å²) in [6.45, 7) is 0. The maximum Gasteiger partial charge on any atom is 0.118 e. The lowest BCUT2D eigenvalue weighted by Crippen LogP contribution is -2.07. The maximum atomic E-state index is 10.3. The number of hydrogen-bond donors (Lipinski definition) is 1. The Morgan fingerprint density at radius 3 is 2.26 bits per heavy atom. The summed E-state index contributed by atoms with van der Waals surface area (Å²) in [5, 5.41) is 13.8. The highest BCUT2D eigenvalue weighted by Crippen LogP contribution is 2.36. The predicted octanol–water partition coefficient (Wildman–Crippen LogP) is 7.07. The molecule has 0 aliphatic carbocycles. The van der Waals surface area contributed by atoms with Gasteiger partial charge >= 0.3 is 0 Å². The fourth-order valence-corrected chi connectivity index (χ4v) is 3.84. The Morgan fingerprint density at radius 2 is 1.48 bits per heavy atom. The van der Waals surface area contributed by atoms with Crippen LogP contribution in [0.25, 0.3) is 10.8 Å². The largest absolute Gasteiger partial charge is 0.508 e. The Kier molecular flexibility index (Phi) is 5.07. The molecule has 0 saturated carbocycles. The highest BCUT2D eigenvalue weighted by Gasteiger charge is 2.20. The standard InChI is InChI=1S/C24H17Cl2O/c25-20-11-12-21(23(26)15-20)22(14-19-7-3-4-8-24(19)27)18-10-9-16-5-1-2-6-17(16)13-18/h1-13,15,27H,14H2. The van der Waals surface area contributed by atoms with E-state index in [0.29, 0.717) is 16.5 Å². The van der Waals surface area contributed by atoms with E-state index >= 15 is 0 Å². The van der Waals surface area contributed by atoms with Crippen molar-refractivity contribution in [3.05, 3.63) is 118 Å². The second kappa shape index (κ2) is 7.64. The number of halogens is 2. The molecule has 0 atom stereocenters. The molecule has 0 spiro atoms. The quantitative estimate of drug-likeness (QED) is 0.394. The molecule has 1 radical (unpaired) electrons. The van der Waals surface area contributed by atoms with Crippen LogP contribution in [0.15, 0.2) is 84.9 Å². The van der Waals surface area contributed by atoms with Gasteiger partial charge in [0.2, 0.25) is 0 Å². The van der Waals surface area contributed by atoms with Gasteiger partial charge in [-0.1, -0.05) is 89.9 Å². The normalized spacial score (nSPS) is 11.2. The number of phenolic OH excluding ortho intramolecular Hbond substituents is 1. The zero-order valence-electron chi connectivity index (χ0n) is 14.5. The molecule has 0 heterocycles. The molecular weight excluding hydrogens is 375 g/mol. The molecule has 0 fully saturated rings. The minimum absolute atomic E-state index is 0.279. The SMILES string of the molecule is Oc1ccccc1C[C](c1ccc2ccccc2c1)c1ccc(Cl)cc1Cl. The van der Waals surface area contributed by atoms with Gasteiger partial charge in [-0.3, -0.25) is 0 Å². The lowest BCUT2D eigenvalue weighted by atomic mass is 9.85. The van der Waals surface area contributed by atoms with Gasteiger partial charge in [-0.15, -0.1) is 0 Å². The first kappa shape index (κ1) is 17.9. The predicted molar refractivity (Wildman–Crippen MR) is 114 cm³/mol. The van der Waals surface area contributed by atoms with Crippen LogP contribution in [0.5, 0.6) is 5.75 Å². The second-order valence-electron chi connectivity index (χ2n) is 6.47. The third kappa shape index (κ3) is 3.80. The van der Waals surface area contributed by atoms with Gasteiger partial charge in [0.25, 0.3) is 0 Å². The van der Waals surface area contributed by atoms with Crippen molar-refractivity contribution in [1.29, 1.82) is 0 Å². The Hall–Kier alpha value is -2.48. The van der Waals surface area contributed by atoms with Crippen LogP contribution in [0, 0.1) is 5.92 Å². The molecule has 0 aliphatic rings. The Balaban J connectivity index is 1.84. The third-order valence-electron chi connectivity index (χ3n) is 4.71. The molecule has 1 N–H and O–H groups in total. The molecule has 27 heavy (non-hydrogen) atoms. The molecule has 0 amide bonds. The van der Waals surface area contributed by atoms with Crippen LogP contribution in [-0.2, 0) is 6.42 Å². The average molecular weight is 392 g/mol. The van der Waals surface area contributed by atoms with Crippen molar-refractivity contribution >= 4 is 34.0 Å². The Morgan fingerprint density at radius 1 is 0.741 bits per heavy atom. The summed E-state index contributed by atoms with van der Waals surface area (Å²) in [6.07, 6.45) is 0.562. The number of hydrogen-bond acceptors (Lipinski definition) is 1. The average Bonchev–Trinajstić information content (AvgIpc) is 2.68. The van der Waals surface area contributed by atoms with Crippen molar-refractivity contribution in [2.45, 2.75) is 6.42 Å².